The van der Waals surface area contributed by atoms with E-state index in [1.54, 1.807) is 12.1 Å². The molecule has 4 heteroatoms. The first-order valence-corrected chi connectivity index (χ1v) is 5.64. The largest absolute Gasteiger partial charge is 0.381 e. The summed E-state index contributed by atoms with van der Waals surface area (Å²) in [7, 11) is 0. The van der Waals surface area contributed by atoms with Gasteiger partial charge in [0.2, 0.25) is 5.91 Å². The van der Waals surface area contributed by atoms with Crippen LogP contribution in [0.15, 0.2) is 24.3 Å². The van der Waals surface area contributed by atoms with Gasteiger partial charge in [0.25, 0.3) is 0 Å². The highest BCUT2D eigenvalue weighted by Crippen LogP contribution is 2.12. The highest BCUT2D eigenvalue weighted by molar-refractivity contribution is 5.78. The molecule has 17 heavy (non-hydrogen) atoms. The van der Waals surface area contributed by atoms with Gasteiger partial charge in [0.1, 0.15) is 0 Å². The number of hydrogen-bond acceptors (Lipinski definition) is 3. The van der Waals surface area contributed by atoms with E-state index in [1.807, 2.05) is 12.1 Å². The fourth-order valence-corrected chi connectivity index (χ4v) is 1.77. The minimum Gasteiger partial charge on any atom is -0.381 e. The number of benzene rings is 1. The molecule has 1 unspecified atom stereocenters. The van der Waals surface area contributed by atoms with Crippen LogP contribution in [0.5, 0.6) is 0 Å². The quantitative estimate of drug-likeness (QED) is 0.849. The van der Waals surface area contributed by atoms with E-state index in [2.05, 4.69) is 11.4 Å². The van der Waals surface area contributed by atoms with Crippen LogP contribution in [0, 0.1) is 17.2 Å². The SMILES string of the molecule is N#Cc1ccc(CNC(=O)C2CCOC2)cc1. The molecule has 0 saturated carbocycles. The molecule has 1 aromatic rings. The summed E-state index contributed by atoms with van der Waals surface area (Å²) in [6, 6.07) is 9.26. The predicted molar refractivity (Wildman–Crippen MR) is 61.9 cm³/mol. The molecule has 0 aromatic heterocycles. The molecule has 1 aliphatic rings. The van der Waals surface area contributed by atoms with Gasteiger partial charge in [-0.3, -0.25) is 4.79 Å². The van der Waals surface area contributed by atoms with E-state index >= 15 is 0 Å². The van der Waals surface area contributed by atoms with Crippen LogP contribution >= 0.6 is 0 Å². The number of nitrogens with one attached hydrogen (secondary N) is 1. The molecule has 1 heterocycles. The Morgan fingerprint density at radius 2 is 2.24 bits per heavy atom. The number of nitrogens with zero attached hydrogens (tertiary/aromatic N) is 1. The van der Waals surface area contributed by atoms with Crippen molar-refractivity contribution in [2.45, 2.75) is 13.0 Å². The summed E-state index contributed by atoms with van der Waals surface area (Å²) in [5, 5.41) is 11.5. The van der Waals surface area contributed by atoms with Crippen molar-refractivity contribution in [1.29, 1.82) is 5.26 Å². The third kappa shape index (κ3) is 3.05. The Morgan fingerprint density at radius 1 is 1.47 bits per heavy atom. The van der Waals surface area contributed by atoms with Gasteiger partial charge in [0, 0.05) is 13.2 Å². The lowest BCUT2D eigenvalue weighted by Crippen LogP contribution is -2.30. The number of ether oxygens (including phenoxy) is 1. The van der Waals surface area contributed by atoms with Crippen molar-refractivity contribution in [3.63, 3.8) is 0 Å². The molecular weight excluding hydrogens is 216 g/mol. The molecule has 4 nitrogen and oxygen atoms in total. The molecule has 1 N–H and O–H groups in total. The van der Waals surface area contributed by atoms with E-state index < -0.39 is 0 Å². The van der Waals surface area contributed by atoms with Crippen LogP contribution in [0.3, 0.4) is 0 Å². The van der Waals surface area contributed by atoms with Crippen LogP contribution in [0.1, 0.15) is 17.5 Å². The Balaban J connectivity index is 1.84. The van der Waals surface area contributed by atoms with Crippen molar-refractivity contribution in [3.05, 3.63) is 35.4 Å². The fraction of sp³-hybridized carbons (Fsp3) is 0.385. The van der Waals surface area contributed by atoms with E-state index in [4.69, 9.17) is 10.00 Å². The maximum atomic E-state index is 11.7. The predicted octanol–water partition coefficient (Wildman–Crippen LogP) is 1.21. The lowest BCUT2D eigenvalue weighted by atomic mass is 10.1. The lowest BCUT2D eigenvalue weighted by molar-refractivity contribution is -0.125. The Bertz CT molecular complexity index is 428. The van der Waals surface area contributed by atoms with Crippen molar-refractivity contribution in [3.8, 4) is 6.07 Å². The molecule has 2 rings (SSSR count). The number of hydrogen-bond donors (Lipinski definition) is 1. The molecule has 1 fully saturated rings. The Labute approximate surface area is 100 Å². The first-order valence-electron chi connectivity index (χ1n) is 5.64. The van der Waals surface area contributed by atoms with Crippen LogP contribution in [-0.4, -0.2) is 19.1 Å². The highest BCUT2D eigenvalue weighted by atomic mass is 16.5. The molecule has 1 aliphatic heterocycles. The van der Waals surface area contributed by atoms with Crippen molar-refractivity contribution in [2.24, 2.45) is 5.92 Å². The number of carbonyl (C=O) groups excluding carboxylic acids is 1. The van der Waals surface area contributed by atoms with Crippen LogP contribution in [0.4, 0.5) is 0 Å². The average molecular weight is 230 g/mol. The zero-order valence-corrected chi connectivity index (χ0v) is 9.48. The zero-order valence-electron chi connectivity index (χ0n) is 9.48. The summed E-state index contributed by atoms with van der Waals surface area (Å²) < 4.78 is 5.16. The van der Waals surface area contributed by atoms with E-state index in [-0.39, 0.29) is 11.8 Å². The molecule has 1 atom stereocenters. The third-order valence-electron chi connectivity index (χ3n) is 2.85. The lowest BCUT2D eigenvalue weighted by Gasteiger charge is -2.09. The minimum atomic E-state index is -0.00613. The van der Waals surface area contributed by atoms with E-state index in [1.165, 1.54) is 0 Å². The number of rotatable bonds is 3. The maximum absolute atomic E-state index is 11.7. The van der Waals surface area contributed by atoms with Crippen molar-refractivity contribution < 1.29 is 9.53 Å². The topological polar surface area (TPSA) is 62.1 Å². The smallest absolute Gasteiger partial charge is 0.225 e. The maximum Gasteiger partial charge on any atom is 0.225 e. The second-order valence-corrected chi connectivity index (χ2v) is 4.09. The van der Waals surface area contributed by atoms with Gasteiger partial charge in [0.15, 0.2) is 0 Å². The van der Waals surface area contributed by atoms with Gasteiger partial charge in [-0.05, 0) is 24.1 Å². The monoisotopic (exact) mass is 230 g/mol. The van der Waals surface area contributed by atoms with Crippen LogP contribution in [-0.2, 0) is 16.1 Å². The molecule has 0 aliphatic carbocycles. The van der Waals surface area contributed by atoms with Gasteiger partial charge in [-0.15, -0.1) is 0 Å². The van der Waals surface area contributed by atoms with Gasteiger partial charge in [-0.2, -0.15) is 5.26 Å². The van der Waals surface area contributed by atoms with Gasteiger partial charge in [-0.25, -0.2) is 0 Å². The molecule has 1 amide bonds. The van der Waals surface area contributed by atoms with Gasteiger partial charge < -0.3 is 10.1 Å². The average Bonchev–Trinajstić information content (AvgIpc) is 2.90. The van der Waals surface area contributed by atoms with Crippen molar-refractivity contribution in [1.82, 2.24) is 5.32 Å². The second-order valence-electron chi connectivity index (χ2n) is 4.09. The summed E-state index contributed by atoms with van der Waals surface area (Å²) in [6.07, 6.45) is 0.805. The summed E-state index contributed by atoms with van der Waals surface area (Å²) in [6.45, 7) is 1.70. The minimum absolute atomic E-state index is 0.00613. The molecule has 1 saturated heterocycles. The molecule has 0 bridgehead atoms. The van der Waals surface area contributed by atoms with E-state index in [0.717, 1.165) is 12.0 Å². The van der Waals surface area contributed by atoms with Crippen LogP contribution in [0.2, 0.25) is 0 Å². The normalized spacial score (nSPS) is 18.6. The Morgan fingerprint density at radius 3 is 2.82 bits per heavy atom. The van der Waals surface area contributed by atoms with E-state index in [0.29, 0.717) is 25.3 Å². The Hall–Kier alpha value is -1.86. The summed E-state index contributed by atoms with van der Waals surface area (Å²) in [5.74, 6) is 0.0419. The molecule has 0 radical (unpaired) electrons. The standard InChI is InChI=1S/C13H14N2O2/c14-7-10-1-3-11(4-2-10)8-15-13(16)12-5-6-17-9-12/h1-4,12H,5-6,8-9H2,(H,15,16). The van der Waals surface area contributed by atoms with Crippen LogP contribution < -0.4 is 5.32 Å². The molecule has 1 aromatic carbocycles. The van der Waals surface area contributed by atoms with Gasteiger partial charge in [0.05, 0.1) is 24.2 Å². The number of amides is 1. The van der Waals surface area contributed by atoms with E-state index in [9.17, 15) is 4.79 Å². The first kappa shape index (κ1) is 11.6. The second kappa shape index (κ2) is 5.46. The van der Waals surface area contributed by atoms with Crippen molar-refractivity contribution in [2.75, 3.05) is 13.2 Å². The summed E-state index contributed by atoms with van der Waals surface area (Å²) >= 11 is 0. The summed E-state index contributed by atoms with van der Waals surface area (Å²) in [5.41, 5.74) is 1.63. The molecule has 0 spiro atoms. The Kier molecular flexibility index (Phi) is 3.73. The number of nitriles is 1. The van der Waals surface area contributed by atoms with Crippen molar-refractivity contribution >= 4 is 5.91 Å². The zero-order chi connectivity index (χ0) is 12.1. The van der Waals surface area contributed by atoms with Gasteiger partial charge >= 0.3 is 0 Å². The highest BCUT2D eigenvalue weighted by Gasteiger charge is 2.22. The first-order chi connectivity index (χ1) is 8.29. The van der Waals surface area contributed by atoms with Gasteiger partial charge in [-0.1, -0.05) is 12.1 Å². The third-order valence-corrected chi connectivity index (χ3v) is 2.85. The number of carbonyl (C=O) groups is 1. The fourth-order valence-electron chi connectivity index (χ4n) is 1.77. The van der Waals surface area contributed by atoms with Crippen LogP contribution in [0.25, 0.3) is 0 Å². The summed E-state index contributed by atoms with van der Waals surface area (Å²) in [4.78, 5) is 11.7. The molecular formula is C13H14N2O2. The molecule has 88 valence electrons.